The van der Waals surface area contributed by atoms with Crippen LogP contribution in [-0.2, 0) is 6.54 Å². The van der Waals surface area contributed by atoms with Crippen molar-refractivity contribution in [2.75, 3.05) is 48.0 Å². The number of benzene rings is 1. The van der Waals surface area contributed by atoms with Crippen LogP contribution < -0.4 is 24.8 Å². The van der Waals surface area contributed by atoms with Crippen molar-refractivity contribution in [3.8, 4) is 17.2 Å². The van der Waals surface area contributed by atoms with Gasteiger partial charge in [-0.2, -0.15) is 0 Å². The maximum atomic E-state index is 5.45. The van der Waals surface area contributed by atoms with Gasteiger partial charge in [0.1, 0.15) is 0 Å². The molecule has 7 nitrogen and oxygen atoms in total. The Morgan fingerprint density at radius 3 is 2.13 bits per heavy atom. The average molecular weight is 421 g/mol. The highest BCUT2D eigenvalue weighted by Crippen LogP contribution is 2.38. The molecule has 7 heteroatoms. The molecule has 0 bridgehead atoms. The quantitative estimate of drug-likeness (QED) is 0.473. The fourth-order valence-corrected chi connectivity index (χ4v) is 3.99. The summed E-state index contributed by atoms with van der Waals surface area (Å²) in [6.45, 7) is 10.8. The normalized spacial score (nSPS) is 17.0. The summed E-state index contributed by atoms with van der Waals surface area (Å²) in [6.07, 6.45) is 2.58. The van der Waals surface area contributed by atoms with E-state index in [0.29, 0.717) is 35.8 Å². The number of aliphatic imine (C=N–C) groups is 1. The van der Waals surface area contributed by atoms with Gasteiger partial charge in [-0.1, -0.05) is 20.8 Å². The van der Waals surface area contributed by atoms with E-state index in [1.54, 1.807) is 28.4 Å². The van der Waals surface area contributed by atoms with Gasteiger partial charge in [0.25, 0.3) is 0 Å². The van der Waals surface area contributed by atoms with Crippen molar-refractivity contribution in [3.05, 3.63) is 17.7 Å². The second-order valence-corrected chi connectivity index (χ2v) is 8.37. The summed E-state index contributed by atoms with van der Waals surface area (Å²) < 4.78 is 16.3. The van der Waals surface area contributed by atoms with Crippen LogP contribution in [0.5, 0.6) is 17.2 Å². The second kappa shape index (κ2) is 11.9. The Labute approximate surface area is 182 Å². The van der Waals surface area contributed by atoms with Crippen LogP contribution in [0.15, 0.2) is 17.1 Å². The first-order valence-corrected chi connectivity index (χ1v) is 10.9. The van der Waals surface area contributed by atoms with Crippen LogP contribution in [-0.4, -0.2) is 64.9 Å². The van der Waals surface area contributed by atoms with Crippen molar-refractivity contribution in [1.82, 2.24) is 15.5 Å². The van der Waals surface area contributed by atoms with Crippen molar-refractivity contribution in [2.24, 2.45) is 16.8 Å². The lowest BCUT2D eigenvalue weighted by Crippen LogP contribution is -2.51. The molecule has 1 atom stereocenters. The molecule has 0 saturated carbocycles. The second-order valence-electron chi connectivity index (χ2n) is 8.37. The molecule has 1 saturated heterocycles. The fourth-order valence-electron chi connectivity index (χ4n) is 3.99. The van der Waals surface area contributed by atoms with Crippen LogP contribution in [0.1, 0.15) is 39.2 Å². The Morgan fingerprint density at radius 1 is 1.07 bits per heavy atom. The summed E-state index contributed by atoms with van der Waals surface area (Å²) in [5.41, 5.74) is 1.03. The largest absolute Gasteiger partial charge is 0.493 e. The number of hydrogen-bond donors (Lipinski definition) is 2. The Bertz CT molecular complexity index is 660. The summed E-state index contributed by atoms with van der Waals surface area (Å²) in [7, 11) is 6.67. The lowest BCUT2D eigenvalue weighted by molar-refractivity contribution is 0.110. The van der Waals surface area contributed by atoms with Gasteiger partial charge in [0.15, 0.2) is 17.5 Å². The lowest BCUT2D eigenvalue weighted by Gasteiger charge is -2.39. The van der Waals surface area contributed by atoms with E-state index in [0.717, 1.165) is 24.0 Å². The molecule has 0 spiro atoms. The molecule has 1 heterocycles. The molecule has 0 amide bonds. The average Bonchev–Trinajstić information content (AvgIpc) is 2.75. The molecule has 1 fully saturated rings. The molecular weight excluding hydrogens is 380 g/mol. The zero-order valence-electron chi connectivity index (χ0n) is 19.7. The molecule has 0 aromatic heterocycles. The molecule has 1 aromatic carbocycles. The van der Waals surface area contributed by atoms with Crippen molar-refractivity contribution in [2.45, 2.75) is 46.2 Å². The van der Waals surface area contributed by atoms with Gasteiger partial charge in [-0.05, 0) is 55.5 Å². The fraction of sp³-hybridized carbons (Fsp3) is 0.696. The van der Waals surface area contributed by atoms with Crippen molar-refractivity contribution < 1.29 is 14.2 Å². The molecule has 170 valence electrons. The number of methoxy groups -OCH3 is 3. The number of nitrogens with zero attached hydrogens (tertiary/aromatic N) is 2. The number of ether oxygens (including phenoxy) is 3. The number of rotatable bonds is 9. The van der Waals surface area contributed by atoms with Gasteiger partial charge in [0.2, 0.25) is 5.75 Å². The lowest BCUT2D eigenvalue weighted by atomic mass is 9.94. The predicted molar refractivity (Wildman–Crippen MR) is 123 cm³/mol. The third-order valence-electron chi connectivity index (χ3n) is 5.94. The first-order valence-electron chi connectivity index (χ1n) is 10.9. The van der Waals surface area contributed by atoms with Gasteiger partial charge in [-0.15, -0.1) is 0 Å². The molecule has 2 N–H and O–H groups in total. The number of nitrogens with one attached hydrogen (secondary N) is 2. The number of piperidine rings is 1. The SMILES string of the molecule is CN=C(NCc1cc(OC)c(OC)c(OC)c1)NCC(C(C)C)N1CCC(C)CC1. The summed E-state index contributed by atoms with van der Waals surface area (Å²) in [6, 6.07) is 4.40. The van der Waals surface area contributed by atoms with E-state index in [1.807, 2.05) is 12.1 Å². The Kier molecular flexibility index (Phi) is 9.56. The van der Waals surface area contributed by atoms with Crippen LogP contribution in [0, 0.1) is 11.8 Å². The molecule has 1 aliphatic heterocycles. The number of guanidine groups is 1. The molecule has 0 radical (unpaired) electrons. The minimum atomic E-state index is 0.497. The summed E-state index contributed by atoms with van der Waals surface area (Å²) in [5, 5.41) is 6.92. The molecule has 30 heavy (non-hydrogen) atoms. The Morgan fingerprint density at radius 2 is 1.67 bits per heavy atom. The predicted octanol–water partition coefficient (Wildman–Crippen LogP) is 3.13. The maximum absolute atomic E-state index is 5.45. The minimum Gasteiger partial charge on any atom is -0.493 e. The van der Waals surface area contributed by atoms with Gasteiger partial charge >= 0.3 is 0 Å². The Hall–Kier alpha value is -2.15. The summed E-state index contributed by atoms with van der Waals surface area (Å²) >= 11 is 0. The van der Waals surface area contributed by atoms with Gasteiger partial charge in [0.05, 0.1) is 21.3 Å². The molecule has 1 aliphatic rings. The van der Waals surface area contributed by atoms with Crippen LogP contribution in [0.2, 0.25) is 0 Å². The molecule has 0 aliphatic carbocycles. The van der Waals surface area contributed by atoms with E-state index in [4.69, 9.17) is 14.2 Å². The Balaban J connectivity index is 1.97. The minimum absolute atomic E-state index is 0.497. The van der Waals surface area contributed by atoms with Crippen molar-refractivity contribution >= 4 is 5.96 Å². The van der Waals surface area contributed by atoms with Crippen LogP contribution in [0.4, 0.5) is 0 Å². The number of likely N-dealkylation sites (tertiary alicyclic amines) is 1. The molecule has 2 rings (SSSR count). The molecule has 1 aromatic rings. The maximum Gasteiger partial charge on any atom is 0.203 e. The zero-order chi connectivity index (χ0) is 22.1. The summed E-state index contributed by atoms with van der Waals surface area (Å²) in [4.78, 5) is 7.03. The van der Waals surface area contributed by atoms with Gasteiger partial charge < -0.3 is 24.8 Å². The van der Waals surface area contributed by atoms with Gasteiger partial charge in [-0.3, -0.25) is 9.89 Å². The van der Waals surface area contributed by atoms with Crippen LogP contribution in [0.3, 0.4) is 0 Å². The first-order chi connectivity index (χ1) is 14.4. The van der Waals surface area contributed by atoms with Crippen LogP contribution in [0.25, 0.3) is 0 Å². The van der Waals surface area contributed by atoms with Crippen molar-refractivity contribution in [1.29, 1.82) is 0 Å². The third-order valence-corrected chi connectivity index (χ3v) is 5.94. The highest BCUT2D eigenvalue weighted by Gasteiger charge is 2.25. The monoisotopic (exact) mass is 420 g/mol. The van der Waals surface area contributed by atoms with E-state index in [9.17, 15) is 0 Å². The standard InChI is InChI=1S/C23H40N4O3/c1-16(2)19(27-10-8-17(3)9-11-27)15-26-23(24-4)25-14-18-12-20(28-5)22(30-7)21(13-18)29-6/h12-13,16-17,19H,8-11,14-15H2,1-7H3,(H2,24,25,26). The van der Waals surface area contributed by atoms with E-state index >= 15 is 0 Å². The van der Waals surface area contributed by atoms with E-state index in [1.165, 1.54) is 25.9 Å². The van der Waals surface area contributed by atoms with Gasteiger partial charge in [-0.25, -0.2) is 0 Å². The van der Waals surface area contributed by atoms with Crippen molar-refractivity contribution in [3.63, 3.8) is 0 Å². The van der Waals surface area contributed by atoms with Gasteiger partial charge in [0, 0.05) is 26.2 Å². The smallest absolute Gasteiger partial charge is 0.203 e. The van der Waals surface area contributed by atoms with E-state index in [-0.39, 0.29) is 0 Å². The highest BCUT2D eigenvalue weighted by molar-refractivity contribution is 5.79. The summed E-state index contributed by atoms with van der Waals surface area (Å²) in [5.74, 6) is 4.11. The molecular formula is C23H40N4O3. The number of hydrogen-bond acceptors (Lipinski definition) is 5. The highest BCUT2D eigenvalue weighted by atomic mass is 16.5. The van der Waals surface area contributed by atoms with E-state index < -0.39 is 0 Å². The van der Waals surface area contributed by atoms with Crippen LogP contribution >= 0.6 is 0 Å². The topological polar surface area (TPSA) is 67.4 Å². The first kappa shape index (κ1) is 24.1. The van der Waals surface area contributed by atoms with E-state index in [2.05, 4.69) is 41.3 Å². The third kappa shape index (κ3) is 6.42. The zero-order valence-corrected chi connectivity index (χ0v) is 19.7. The molecule has 1 unspecified atom stereocenters.